The Labute approximate surface area is 109 Å². The van der Waals surface area contributed by atoms with E-state index in [0.717, 1.165) is 5.69 Å². The van der Waals surface area contributed by atoms with Crippen molar-refractivity contribution in [3.8, 4) is 11.5 Å². The van der Waals surface area contributed by atoms with Gasteiger partial charge in [0.25, 0.3) is 0 Å². The minimum atomic E-state index is -0.0477. The molecule has 0 unspecified atom stereocenters. The van der Waals surface area contributed by atoms with Gasteiger partial charge in [0.05, 0.1) is 6.33 Å². The van der Waals surface area contributed by atoms with Crippen molar-refractivity contribution in [2.45, 2.75) is 12.8 Å². The number of fused-ring (bicyclic) bond motifs is 1. The highest BCUT2D eigenvalue weighted by atomic mass is 16.7. The molecule has 1 aromatic carbocycles. The quantitative estimate of drug-likeness (QED) is 0.876. The van der Waals surface area contributed by atoms with Gasteiger partial charge in [-0.2, -0.15) is 0 Å². The summed E-state index contributed by atoms with van der Waals surface area (Å²) >= 11 is 0. The fraction of sp³-hybridized carbons (Fsp3) is 0.231. The molecule has 3 rings (SSSR count). The van der Waals surface area contributed by atoms with E-state index in [-0.39, 0.29) is 12.7 Å². The molecule has 2 aromatic rings. The number of imidazole rings is 1. The van der Waals surface area contributed by atoms with Crippen LogP contribution >= 0.6 is 0 Å². The molecule has 0 aliphatic carbocycles. The van der Waals surface area contributed by atoms with Gasteiger partial charge in [0.2, 0.25) is 12.7 Å². The first-order chi connectivity index (χ1) is 9.31. The van der Waals surface area contributed by atoms with E-state index in [1.807, 2.05) is 0 Å². The summed E-state index contributed by atoms with van der Waals surface area (Å²) < 4.78 is 10.5. The number of aromatic nitrogens is 2. The van der Waals surface area contributed by atoms with E-state index in [0.29, 0.717) is 30.0 Å². The van der Waals surface area contributed by atoms with Crippen molar-refractivity contribution in [3.63, 3.8) is 0 Å². The van der Waals surface area contributed by atoms with Crippen molar-refractivity contribution in [2.24, 2.45) is 0 Å². The first-order valence-corrected chi connectivity index (χ1v) is 5.98. The summed E-state index contributed by atoms with van der Waals surface area (Å²) in [7, 11) is 0. The highest BCUT2D eigenvalue weighted by Gasteiger charge is 2.14. The van der Waals surface area contributed by atoms with Crippen molar-refractivity contribution >= 4 is 11.6 Å². The molecule has 0 saturated heterocycles. The molecule has 98 valence electrons. The zero-order chi connectivity index (χ0) is 13.1. The van der Waals surface area contributed by atoms with Crippen molar-refractivity contribution < 1.29 is 14.3 Å². The van der Waals surface area contributed by atoms with Crippen LogP contribution in [0.15, 0.2) is 30.7 Å². The number of carbonyl (C=O) groups excluding carboxylic acids is 1. The third-order valence-corrected chi connectivity index (χ3v) is 2.83. The normalized spacial score (nSPS) is 12.4. The Morgan fingerprint density at radius 1 is 1.37 bits per heavy atom. The molecule has 19 heavy (non-hydrogen) atoms. The lowest BCUT2D eigenvalue weighted by atomic mass is 10.2. The van der Waals surface area contributed by atoms with Crippen molar-refractivity contribution in [3.05, 3.63) is 36.4 Å². The molecule has 1 amide bonds. The first kappa shape index (κ1) is 11.6. The molecule has 0 bridgehead atoms. The number of nitrogens with zero attached hydrogens (tertiary/aromatic N) is 1. The average Bonchev–Trinajstić information content (AvgIpc) is 3.07. The lowest BCUT2D eigenvalue weighted by Crippen LogP contribution is -2.12. The monoisotopic (exact) mass is 259 g/mol. The number of amides is 1. The Morgan fingerprint density at radius 3 is 3.11 bits per heavy atom. The number of carbonyl (C=O) groups is 1. The van der Waals surface area contributed by atoms with Crippen molar-refractivity contribution in [2.75, 3.05) is 12.1 Å². The van der Waals surface area contributed by atoms with Crippen LogP contribution in [0.3, 0.4) is 0 Å². The Balaban J connectivity index is 1.57. The van der Waals surface area contributed by atoms with Crippen LogP contribution in [0, 0.1) is 0 Å². The Kier molecular flexibility index (Phi) is 3.06. The van der Waals surface area contributed by atoms with E-state index >= 15 is 0 Å². The van der Waals surface area contributed by atoms with Gasteiger partial charge in [-0.05, 0) is 18.6 Å². The molecular formula is C13H13N3O3. The van der Waals surface area contributed by atoms with Gasteiger partial charge >= 0.3 is 0 Å². The summed E-state index contributed by atoms with van der Waals surface area (Å²) in [5, 5.41) is 2.83. The minimum absolute atomic E-state index is 0.0477. The van der Waals surface area contributed by atoms with Crippen LogP contribution < -0.4 is 14.8 Å². The molecule has 0 saturated carbocycles. The van der Waals surface area contributed by atoms with E-state index in [9.17, 15) is 4.79 Å². The predicted molar refractivity (Wildman–Crippen MR) is 68.1 cm³/mol. The van der Waals surface area contributed by atoms with E-state index in [2.05, 4.69) is 15.3 Å². The lowest BCUT2D eigenvalue weighted by Gasteiger charge is -2.05. The molecule has 0 atom stereocenters. The topological polar surface area (TPSA) is 76.2 Å². The maximum atomic E-state index is 11.8. The summed E-state index contributed by atoms with van der Waals surface area (Å²) in [4.78, 5) is 18.7. The highest BCUT2D eigenvalue weighted by molar-refractivity contribution is 5.91. The molecule has 0 fully saturated rings. The second-order valence-electron chi connectivity index (χ2n) is 4.19. The number of nitrogens with one attached hydrogen (secondary N) is 2. The second kappa shape index (κ2) is 5.01. The Morgan fingerprint density at radius 2 is 2.26 bits per heavy atom. The largest absolute Gasteiger partial charge is 0.454 e. The molecule has 2 N–H and O–H groups in total. The fourth-order valence-electron chi connectivity index (χ4n) is 1.87. The van der Waals surface area contributed by atoms with Gasteiger partial charge in [0.1, 0.15) is 0 Å². The molecule has 1 aliphatic heterocycles. The van der Waals surface area contributed by atoms with E-state index in [1.54, 1.807) is 30.7 Å². The number of H-pyrrole nitrogens is 1. The number of hydrogen-bond acceptors (Lipinski definition) is 4. The van der Waals surface area contributed by atoms with Crippen molar-refractivity contribution in [1.82, 2.24) is 9.97 Å². The molecule has 0 radical (unpaired) electrons. The molecule has 6 nitrogen and oxygen atoms in total. The summed E-state index contributed by atoms with van der Waals surface area (Å²) in [5.74, 6) is 1.32. The van der Waals surface area contributed by atoms with Crippen LogP contribution in [-0.4, -0.2) is 22.7 Å². The van der Waals surface area contributed by atoms with Crippen LogP contribution in [0.4, 0.5) is 5.69 Å². The maximum Gasteiger partial charge on any atom is 0.231 e. The third kappa shape index (κ3) is 2.67. The smallest absolute Gasteiger partial charge is 0.231 e. The van der Waals surface area contributed by atoms with Crippen LogP contribution in [0.1, 0.15) is 12.1 Å². The summed E-state index contributed by atoms with van der Waals surface area (Å²) in [6.45, 7) is 0.229. The molecule has 1 aromatic heterocycles. The van der Waals surface area contributed by atoms with Gasteiger partial charge in [-0.15, -0.1) is 0 Å². The van der Waals surface area contributed by atoms with Crippen LogP contribution in [0.2, 0.25) is 0 Å². The van der Waals surface area contributed by atoms with Crippen LogP contribution in [0.5, 0.6) is 11.5 Å². The highest BCUT2D eigenvalue weighted by Crippen LogP contribution is 2.34. The van der Waals surface area contributed by atoms with Crippen LogP contribution in [0.25, 0.3) is 0 Å². The van der Waals surface area contributed by atoms with Gasteiger partial charge in [-0.3, -0.25) is 4.79 Å². The Bertz CT molecular complexity index is 581. The average molecular weight is 259 g/mol. The van der Waals surface area contributed by atoms with Gasteiger partial charge in [-0.1, -0.05) is 0 Å². The SMILES string of the molecule is O=C(CCc1cnc[nH]1)Nc1ccc2c(c1)OCO2. The number of aryl methyl sites for hydroxylation is 1. The molecule has 2 heterocycles. The standard InChI is InChI=1S/C13H13N3O3/c17-13(4-2-10-6-14-7-15-10)16-9-1-3-11-12(5-9)19-8-18-11/h1,3,5-7H,2,4,8H2,(H,14,15)(H,16,17). The maximum absolute atomic E-state index is 11.8. The van der Waals surface area contributed by atoms with Crippen molar-refractivity contribution in [1.29, 1.82) is 0 Å². The molecule has 1 aliphatic rings. The van der Waals surface area contributed by atoms with Gasteiger partial charge in [0.15, 0.2) is 11.5 Å². The number of benzene rings is 1. The molecule has 6 heteroatoms. The number of hydrogen-bond donors (Lipinski definition) is 2. The zero-order valence-electron chi connectivity index (χ0n) is 10.2. The minimum Gasteiger partial charge on any atom is -0.454 e. The summed E-state index contributed by atoms with van der Waals surface area (Å²) in [6, 6.07) is 5.34. The van der Waals surface area contributed by atoms with E-state index < -0.39 is 0 Å². The summed E-state index contributed by atoms with van der Waals surface area (Å²) in [6.07, 6.45) is 4.35. The number of aromatic amines is 1. The fourth-order valence-corrected chi connectivity index (χ4v) is 1.87. The second-order valence-corrected chi connectivity index (χ2v) is 4.19. The molecular weight excluding hydrogens is 246 g/mol. The zero-order valence-corrected chi connectivity index (χ0v) is 10.2. The molecule has 0 spiro atoms. The van der Waals surface area contributed by atoms with Gasteiger partial charge in [-0.25, -0.2) is 4.98 Å². The first-order valence-electron chi connectivity index (χ1n) is 5.98. The number of ether oxygens (including phenoxy) is 2. The van der Waals surface area contributed by atoms with E-state index in [4.69, 9.17) is 9.47 Å². The predicted octanol–water partition coefficient (Wildman–Crippen LogP) is 1.71. The van der Waals surface area contributed by atoms with Crippen LogP contribution in [-0.2, 0) is 11.2 Å². The summed E-state index contributed by atoms with van der Waals surface area (Å²) in [5.41, 5.74) is 1.65. The number of rotatable bonds is 4. The third-order valence-electron chi connectivity index (χ3n) is 2.83. The Hall–Kier alpha value is -2.50. The lowest BCUT2D eigenvalue weighted by molar-refractivity contribution is -0.116. The van der Waals surface area contributed by atoms with E-state index in [1.165, 1.54) is 0 Å². The van der Waals surface area contributed by atoms with Gasteiger partial charge < -0.3 is 19.8 Å². The number of anilines is 1. The van der Waals surface area contributed by atoms with Gasteiger partial charge in [0, 0.05) is 30.1 Å².